The van der Waals surface area contributed by atoms with Crippen molar-refractivity contribution in [3.63, 3.8) is 0 Å². The molecule has 3 rings (SSSR count). The fourth-order valence-electron chi connectivity index (χ4n) is 4.32. The number of anilines is 1. The molecule has 2 atom stereocenters. The molecule has 2 heterocycles. The highest BCUT2D eigenvalue weighted by molar-refractivity contribution is 5.70. The van der Waals surface area contributed by atoms with E-state index in [9.17, 15) is 4.79 Å². The van der Waals surface area contributed by atoms with Crippen LogP contribution in [0.25, 0.3) is 0 Å². The van der Waals surface area contributed by atoms with Gasteiger partial charge in [0.2, 0.25) is 0 Å². The summed E-state index contributed by atoms with van der Waals surface area (Å²) in [6.07, 6.45) is 7.47. The molecule has 1 aromatic rings. The summed E-state index contributed by atoms with van der Waals surface area (Å²) >= 11 is 0. The highest BCUT2D eigenvalue weighted by atomic mass is 16.6. The lowest BCUT2D eigenvalue weighted by atomic mass is 9.91. The first-order chi connectivity index (χ1) is 12.3. The summed E-state index contributed by atoms with van der Waals surface area (Å²) in [5.41, 5.74) is 2.21. The van der Waals surface area contributed by atoms with E-state index in [-0.39, 0.29) is 5.97 Å². The van der Waals surface area contributed by atoms with E-state index in [4.69, 9.17) is 9.72 Å². The van der Waals surface area contributed by atoms with Crippen LogP contribution in [0.1, 0.15) is 83.4 Å². The molecule has 26 heavy (non-hydrogen) atoms. The Morgan fingerprint density at radius 1 is 1.23 bits per heavy atom. The van der Waals surface area contributed by atoms with Crippen molar-refractivity contribution < 1.29 is 9.53 Å². The molecule has 0 spiro atoms. The topological polar surface area (TPSA) is 42.4 Å². The molecule has 1 aliphatic carbocycles. The Morgan fingerprint density at radius 3 is 2.65 bits per heavy atom. The number of nitrogens with zero attached hydrogens (tertiary/aromatic N) is 2. The zero-order valence-corrected chi connectivity index (χ0v) is 16.9. The highest BCUT2D eigenvalue weighted by Gasteiger charge is 2.27. The van der Waals surface area contributed by atoms with Crippen LogP contribution in [-0.2, 0) is 16.0 Å². The number of aryl methyl sites for hydroxylation is 1. The molecule has 0 bridgehead atoms. The van der Waals surface area contributed by atoms with E-state index >= 15 is 0 Å². The number of carbonyl (C=O) groups is 1. The summed E-state index contributed by atoms with van der Waals surface area (Å²) in [6, 6.07) is 4.48. The van der Waals surface area contributed by atoms with E-state index in [1.165, 1.54) is 30.5 Å². The molecular weight excluding hydrogens is 324 g/mol. The average molecular weight is 359 g/mol. The van der Waals surface area contributed by atoms with E-state index in [2.05, 4.69) is 24.0 Å². The standard InChI is InChI=1S/C22H34N2O2/c1-16-14-17(15-20(25)26-22(2,3)4)8-9-18-10-11-19(23-21(16)18)24-12-6-5-7-13-24/h10-11,16-17H,5-9,12-15H2,1-4H3/t16-,17?/m1/s1. The maximum Gasteiger partial charge on any atom is 0.306 e. The second-order valence-corrected chi connectivity index (χ2v) is 9.09. The molecule has 1 unspecified atom stereocenters. The third-order valence-corrected chi connectivity index (χ3v) is 5.53. The number of hydrogen-bond donors (Lipinski definition) is 0. The normalized spacial score (nSPS) is 23.9. The van der Waals surface area contributed by atoms with Crippen LogP contribution in [0.3, 0.4) is 0 Å². The van der Waals surface area contributed by atoms with Crippen molar-refractivity contribution in [2.75, 3.05) is 18.0 Å². The summed E-state index contributed by atoms with van der Waals surface area (Å²) < 4.78 is 5.53. The van der Waals surface area contributed by atoms with Crippen LogP contribution in [0.4, 0.5) is 5.82 Å². The molecule has 1 saturated heterocycles. The van der Waals surface area contributed by atoms with Crippen LogP contribution in [0.5, 0.6) is 0 Å². The quantitative estimate of drug-likeness (QED) is 0.572. The summed E-state index contributed by atoms with van der Waals surface area (Å²) in [7, 11) is 0. The number of rotatable bonds is 3. The Kier molecular flexibility index (Phi) is 5.89. The maximum atomic E-state index is 12.2. The molecule has 0 amide bonds. The first-order valence-electron chi connectivity index (χ1n) is 10.3. The molecule has 1 aliphatic heterocycles. The Balaban J connectivity index is 1.68. The second kappa shape index (κ2) is 7.98. The number of hydrogen-bond acceptors (Lipinski definition) is 4. The lowest BCUT2D eigenvalue weighted by Crippen LogP contribution is -2.30. The van der Waals surface area contributed by atoms with E-state index < -0.39 is 5.60 Å². The monoisotopic (exact) mass is 358 g/mol. The average Bonchev–Trinajstić information content (AvgIpc) is 2.73. The molecule has 4 heteroatoms. The van der Waals surface area contributed by atoms with E-state index in [1.807, 2.05) is 20.8 Å². The SMILES string of the molecule is C[C@@H]1CC(CC(=O)OC(C)(C)C)CCc2ccc(N3CCCCC3)nc21. The van der Waals surface area contributed by atoms with Gasteiger partial charge in [0.25, 0.3) is 0 Å². The van der Waals surface area contributed by atoms with Crippen LogP contribution in [0, 0.1) is 5.92 Å². The molecule has 0 aromatic carbocycles. The van der Waals surface area contributed by atoms with Crippen molar-refractivity contribution in [3.8, 4) is 0 Å². The number of piperidine rings is 1. The van der Waals surface area contributed by atoms with E-state index in [0.717, 1.165) is 38.2 Å². The summed E-state index contributed by atoms with van der Waals surface area (Å²) in [5, 5.41) is 0. The molecule has 2 aliphatic rings. The zero-order valence-electron chi connectivity index (χ0n) is 16.9. The summed E-state index contributed by atoms with van der Waals surface area (Å²) in [6.45, 7) is 10.3. The first kappa shape index (κ1) is 19.2. The van der Waals surface area contributed by atoms with Gasteiger partial charge in [-0.05, 0) is 82.8 Å². The van der Waals surface area contributed by atoms with Crippen molar-refractivity contribution in [1.29, 1.82) is 0 Å². The fourth-order valence-corrected chi connectivity index (χ4v) is 4.32. The number of esters is 1. The molecule has 0 radical (unpaired) electrons. The Morgan fingerprint density at radius 2 is 1.96 bits per heavy atom. The van der Waals surface area contributed by atoms with Crippen LogP contribution in [0.15, 0.2) is 12.1 Å². The molecule has 144 valence electrons. The largest absolute Gasteiger partial charge is 0.460 e. The van der Waals surface area contributed by atoms with Gasteiger partial charge in [-0.2, -0.15) is 0 Å². The van der Waals surface area contributed by atoms with Crippen molar-refractivity contribution in [1.82, 2.24) is 4.98 Å². The van der Waals surface area contributed by atoms with Crippen LogP contribution in [-0.4, -0.2) is 29.6 Å². The van der Waals surface area contributed by atoms with Gasteiger partial charge in [0.15, 0.2) is 0 Å². The van der Waals surface area contributed by atoms with Crippen LogP contribution < -0.4 is 4.90 Å². The maximum absolute atomic E-state index is 12.2. The minimum atomic E-state index is -0.401. The molecular formula is C22H34N2O2. The Bertz CT molecular complexity index is 630. The molecule has 4 nitrogen and oxygen atoms in total. The van der Waals surface area contributed by atoms with Gasteiger partial charge >= 0.3 is 5.97 Å². The number of aromatic nitrogens is 1. The van der Waals surface area contributed by atoms with E-state index in [0.29, 0.717) is 18.3 Å². The highest BCUT2D eigenvalue weighted by Crippen LogP contribution is 2.35. The van der Waals surface area contributed by atoms with Gasteiger partial charge in [0, 0.05) is 25.2 Å². The van der Waals surface area contributed by atoms with Gasteiger partial charge in [-0.25, -0.2) is 4.98 Å². The minimum Gasteiger partial charge on any atom is -0.460 e. The third-order valence-electron chi connectivity index (χ3n) is 5.53. The number of pyridine rings is 1. The van der Waals surface area contributed by atoms with Crippen LogP contribution >= 0.6 is 0 Å². The van der Waals surface area contributed by atoms with Crippen molar-refractivity contribution in [2.24, 2.45) is 5.92 Å². The molecule has 1 fully saturated rings. The second-order valence-electron chi connectivity index (χ2n) is 9.09. The molecule has 0 N–H and O–H groups in total. The van der Waals surface area contributed by atoms with Gasteiger partial charge in [-0.1, -0.05) is 13.0 Å². The lowest BCUT2D eigenvalue weighted by molar-refractivity contribution is -0.156. The lowest BCUT2D eigenvalue weighted by Gasteiger charge is -2.28. The van der Waals surface area contributed by atoms with Gasteiger partial charge in [0.1, 0.15) is 11.4 Å². The van der Waals surface area contributed by atoms with Crippen LogP contribution in [0.2, 0.25) is 0 Å². The Labute approximate surface area is 158 Å². The summed E-state index contributed by atoms with van der Waals surface area (Å²) in [5.74, 6) is 1.85. The molecule has 1 aromatic heterocycles. The van der Waals surface area contributed by atoms with E-state index in [1.54, 1.807) is 0 Å². The van der Waals surface area contributed by atoms with Crippen molar-refractivity contribution in [2.45, 2.75) is 84.2 Å². The predicted octanol–water partition coefficient (Wildman–Crippen LogP) is 4.86. The number of ether oxygens (including phenoxy) is 1. The number of carbonyl (C=O) groups excluding carboxylic acids is 1. The van der Waals surface area contributed by atoms with Gasteiger partial charge in [-0.15, -0.1) is 0 Å². The number of fused-ring (bicyclic) bond motifs is 1. The first-order valence-corrected chi connectivity index (χ1v) is 10.3. The molecule has 0 saturated carbocycles. The Hall–Kier alpha value is -1.58. The predicted molar refractivity (Wildman–Crippen MR) is 106 cm³/mol. The third kappa shape index (κ3) is 4.99. The van der Waals surface area contributed by atoms with Gasteiger partial charge in [0.05, 0.1) is 0 Å². The summed E-state index contributed by atoms with van der Waals surface area (Å²) in [4.78, 5) is 19.7. The zero-order chi connectivity index (χ0) is 18.7. The van der Waals surface area contributed by atoms with Gasteiger partial charge in [-0.3, -0.25) is 4.79 Å². The van der Waals surface area contributed by atoms with Crippen molar-refractivity contribution >= 4 is 11.8 Å². The smallest absolute Gasteiger partial charge is 0.306 e. The minimum absolute atomic E-state index is 0.0670. The van der Waals surface area contributed by atoms with Gasteiger partial charge < -0.3 is 9.64 Å². The fraction of sp³-hybridized carbons (Fsp3) is 0.727. The van der Waals surface area contributed by atoms with Crippen molar-refractivity contribution in [3.05, 3.63) is 23.4 Å².